The molecule has 1 unspecified atom stereocenters. The zero-order valence-corrected chi connectivity index (χ0v) is 11.1. The Balaban J connectivity index is 2.01. The van der Waals surface area contributed by atoms with Crippen LogP contribution in [0.25, 0.3) is 0 Å². The fourth-order valence-corrected chi connectivity index (χ4v) is 2.28. The molecule has 2 rings (SSSR count). The second-order valence-electron chi connectivity index (χ2n) is 4.98. The quantitative estimate of drug-likeness (QED) is 0.868. The van der Waals surface area contributed by atoms with Gasteiger partial charge in [-0.2, -0.15) is 0 Å². The maximum Gasteiger partial charge on any atom is 0.0620 e. The van der Waals surface area contributed by atoms with Crippen molar-refractivity contribution in [2.24, 2.45) is 0 Å². The van der Waals surface area contributed by atoms with E-state index in [4.69, 9.17) is 0 Å². The van der Waals surface area contributed by atoms with Crippen molar-refractivity contribution in [3.05, 3.63) is 70.8 Å². The topological polar surface area (TPSA) is 20.2 Å². The second kappa shape index (κ2) is 5.83. The summed E-state index contributed by atoms with van der Waals surface area (Å²) in [6.07, 6.45) is 1.13. The lowest BCUT2D eigenvalue weighted by molar-refractivity contribution is 0.175. The van der Waals surface area contributed by atoms with Gasteiger partial charge >= 0.3 is 0 Å². The van der Waals surface area contributed by atoms with Crippen LogP contribution in [0, 0.1) is 13.8 Å². The molecule has 1 heteroatoms. The summed E-state index contributed by atoms with van der Waals surface area (Å²) in [4.78, 5) is 0. The summed E-state index contributed by atoms with van der Waals surface area (Å²) >= 11 is 0. The van der Waals surface area contributed by atoms with Crippen LogP contribution in [-0.4, -0.2) is 11.2 Å². The first-order valence-corrected chi connectivity index (χ1v) is 6.43. The van der Waals surface area contributed by atoms with Gasteiger partial charge in [-0.1, -0.05) is 54.1 Å². The molecule has 2 aromatic rings. The molecule has 18 heavy (non-hydrogen) atoms. The molecule has 0 aromatic heterocycles. The van der Waals surface area contributed by atoms with Gasteiger partial charge in [-0.3, -0.25) is 0 Å². The molecule has 0 aliphatic carbocycles. The fourth-order valence-electron chi connectivity index (χ4n) is 2.28. The molecule has 0 spiro atoms. The van der Waals surface area contributed by atoms with Crippen molar-refractivity contribution in [2.45, 2.75) is 32.8 Å². The molecule has 0 saturated carbocycles. The number of hydrogen-bond donors (Lipinski definition) is 1. The lowest BCUT2D eigenvalue weighted by Gasteiger charge is -2.13. The van der Waals surface area contributed by atoms with Crippen molar-refractivity contribution in [1.82, 2.24) is 0 Å². The predicted octanol–water partition coefficient (Wildman–Crippen LogP) is 3.45. The zero-order chi connectivity index (χ0) is 13.0. The molecule has 1 nitrogen and oxygen atoms in total. The van der Waals surface area contributed by atoms with E-state index in [1.54, 1.807) is 0 Å². The van der Waals surface area contributed by atoms with Gasteiger partial charge in [0.05, 0.1) is 6.10 Å². The van der Waals surface area contributed by atoms with E-state index in [1.807, 2.05) is 18.2 Å². The Bertz CT molecular complexity index is 517. The zero-order valence-electron chi connectivity index (χ0n) is 11.1. The van der Waals surface area contributed by atoms with E-state index in [0.29, 0.717) is 0 Å². The Hall–Kier alpha value is -1.60. The van der Waals surface area contributed by atoms with E-state index in [0.717, 1.165) is 12.8 Å². The van der Waals surface area contributed by atoms with Crippen LogP contribution in [0.3, 0.4) is 0 Å². The van der Waals surface area contributed by atoms with Gasteiger partial charge in [0.1, 0.15) is 0 Å². The number of hydrogen-bond acceptors (Lipinski definition) is 1. The van der Waals surface area contributed by atoms with E-state index in [2.05, 4.69) is 44.2 Å². The van der Waals surface area contributed by atoms with Crippen LogP contribution in [0.1, 0.15) is 22.3 Å². The van der Waals surface area contributed by atoms with Crippen LogP contribution < -0.4 is 0 Å². The smallest absolute Gasteiger partial charge is 0.0620 e. The minimum Gasteiger partial charge on any atom is -0.392 e. The minimum absolute atomic E-state index is 0.312. The first-order valence-electron chi connectivity index (χ1n) is 6.43. The molecular formula is C17H20O. The molecular weight excluding hydrogens is 220 g/mol. The fraction of sp³-hybridized carbons (Fsp3) is 0.294. The molecule has 0 bridgehead atoms. The molecule has 0 aliphatic rings. The number of aliphatic hydroxyl groups excluding tert-OH is 1. The van der Waals surface area contributed by atoms with E-state index in [-0.39, 0.29) is 6.10 Å². The number of aryl methyl sites for hydroxylation is 2. The van der Waals surface area contributed by atoms with Gasteiger partial charge in [-0.05, 0) is 43.4 Å². The average Bonchev–Trinajstić information content (AvgIpc) is 2.32. The van der Waals surface area contributed by atoms with Crippen molar-refractivity contribution in [3.63, 3.8) is 0 Å². The van der Waals surface area contributed by atoms with E-state index < -0.39 is 0 Å². The van der Waals surface area contributed by atoms with Crippen LogP contribution in [0.4, 0.5) is 0 Å². The molecule has 0 radical (unpaired) electrons. The Kier molecular flexibility index (Phi) is 4.16. The van der Waals surface area contributed by atoms with E-state index in [1.165, 1.54) is 22.3 Å². The highest BCUT2D eigenvalue weighted by molar-refractivity contribution is 5.27. The van der Waals surface area contributed by atoms with Crippen molar-refractivity contribution in [1.29, 1.82) is 0 Å². The number of benzene rings is 2. The van der Waals surface area contributed by atoms with E-state index in [9.17, 15) is 5.11 Å². The molecule has 2 aromatic carbocycles. The van der Waals surface area contributed by atoms with Crippen LogP contribution in [0.15, 0.2) is 48.5 Å². The summed E-state index contributed by atoms with van der Waals surface area (Å²) in [6.45, 7) is 4.17. The van der Waals surface area contributed by atoms with Gasteiger partial charge in [0.2, 0.25) is 0 Å². The molecule has 0 heterocycles. The summed E-state index contributed by atoms with van der Waals surface area (Å²) in [5.41, 5.74) is 4.94. The number of rotatable bonds is 4. The maximum absolute atomic E-state index is 10.2. The first kappa shape index (κ1) is 12.8. The first-order chi connectivity index (χ1) is 8.65. The second-order valence-corrected chi connectivity index (χ2v) is 4.98. The molecule has 94 valence electrons. The summed E-state index contributed by atoms with van der Waals surface area (Å²) in [6, 6.07) is 16.6. The number of aliphatic hydroxyl groups is 1. The van der Waals surface area contributed by atoms with Gasteiger partial charge in [-0.15, -0.1) is 0 Å². The largest absolute Gasteiger partial charge is 0.392 e. The maximum atomic E-state index is 10.2. The van der Waals surface area contributed by atoms with Crippen LogP contribution >= 0.6 is 0 Å². The van der Waals surface area contributed by atoms with Crippen molar-refractivity contribution >= 4 is 0 Å². The van der Waals surface area contributed by atoms with Gasteiger partial charge < -0.3 is 5.11 Å². The van der Waals surface area contributed by atoms with Gasteiger partial charge in [0.15, 0.2) is 0 Å². The highest BCUT2D eigenvalue weighted by Gasteiger charge is 2.08. The lowest BCUT2D eigenvalue weighted by atomic mass is 9.98. The molecule has 0 amide bonds. The summed E-state index contributed by atoms with van der Waals surface area (Å²) in [7, 11) is 0. The van der Waals surface area contributed by atoms with Crippen LogP contribution in [-0.2, 0) is 12.8 Å². The van der Waals surface area contributed by atoms with Gasteiger partial charge in [0, 0.05) is 0 Å². The lowest BCUT2D eigenvalue weighted by Crippen LogP contribution is -2.14. The summed E-state index contributed by atoms with van der Waals surface area (Å²) in [5.74, 6) is 0. The summed E-state index contributed by atoms with van der Waals surface area (Å²) < 4.78 is 0. The SMILES string of the molecule is Cc1cccc(CC(O)Cc2ccccc2C)c1. The van der Waals surface area contributed by atoms with Crippen LogP contribution in [0.5, 0.6) is 0 Å². The van der Waals surface area contributed by atoms with Crippen molar-refractivity contribution < 1.29 is 5.11 Å². The summed E-state index contributed by atoms with van der Waals surface area (Å²) in [5, 5.41) is 10.2. The highest BCUT2D eigenvalue weighted by Crippen LogP contribution is 2.13. The molecule has 1 N–H and O–H groups in total. The van der Waals surface area contributed by atoms with E-state index >= 15 is 0 Å². The predicted molar refractivity (Wildman–Crippen MR) is 75.8 cm³/mol. The monoisotopic (exact) mass is 240 g/mol. The van der Waals surface area contributed by atoms with Gasteiger partial charge in [-0.25, -0.2) is 0 Å². The average molecular weight is 240 g/mol. The third-order valence-electron chi connectivity index (χ3n) is 3.27. The Morgan fingerprint density at radius 2 is 1.72 bits per heavy atom. The molecule has 0 aliphatic heterocycles. The molecule has 0 saturated heterocycles. The minimum atomic E-state index is -0.312. The third kappa shape index (κ3) is 3.44. The van der Waals surface area contributed by atoms with Crippen molar-refractivity contribution in [3.8, 4) is 0 Å². The Morgan fingerprint density at radius 1 is 0.944 bits per heavy atom. The molecule has 1 atom stereocenters. The van der Waals surface area contributed by atoms with Crippen molar-refractivity contribution in [2.75, 3.05) is 0 Å². The Labute approximate surface area is 109 Å². The molecule has 0 fully saturated rings. The standard InChI is InChI=1S/C17H20O/c1-13-6-5-8-15(10-13)11-17(18)12-16-9-4-3-7-14(16)2/h3-10,17-18H,11-12H2,1-2H3. The van der Waals surface area contributed by atoms with Crippen LogP contribution in [0.2, 0.25) is 0 Å². The Morgan fingerprint density at radius 3 is 2.44 bits per heavy atom. The van der Waals surface area contributed by atoms with Gasteiger partial charge in [0.25, 0.3) is 0 Å². The normalized spacial score (nSPS) is 12.4. The highest BCUT2D eigenvalue weighted by atomic mass is 16.3. The third-order valence-corrected chi connectivity index (χ3v) is 3.27.